The van der Waals surface area contributed by atoms with Gasteiger partial charge in [0, 0.05) is 12.2 Å². The van der Waals surface area contributed by atoms with E-state index < -0.39 is 30.3 Å². The third kappa shape index (κ3) is 3.69. The molecule has 0 spiro atoms. The predicted octanol–water partition coefficient (Wildman–Crippen LogP) is 0.292. The van der Waals surface area contributed by atoms with Gasteiger partial charge in [-0.3, -0.25) is 4.79 Å². The number of hydrogen-bond donors (Lipinski definition) is 1. The number of primary amides is 1. The number of esters is 1. The maximum atomic E-state index is 13.6. The standard InChI is InChI=1S/C12H18FN3O5/c1-4-15-8(10(14)17)6-7(3)16(12(15)19)21-9(13)11(18)20-5-2/h6,8-9H,4-5H2,1-3H3,(H2,14,17)/t8-,9+/m0/s1. The van der Waals surface area contributed by atoms with Crippen LogP contribution in [0.25, 0.3) is 0 Å². The van der Waals surface area contributed by atoms with Crippen LogP contribution in [0.3, 0.4) is 0 Å². The SMILES string of the molecule is CCOC(=O)[C@H](F)ON1C(=O)N(CC)[C@H](C(N)=O)C=C1C. The van der Waals surface area contributed by atoms with E-state index in [1.165, 1.54) is 19.9 Å². The maximum Gasteiger partial charge on any atom is 0.371 e. The van der Waals surface area contributed by atoms with E-state index in [4.69, 9.17) is 5.73 Å². The van der Waals surface area contributed by atoms with E-state index in [1.54, 1.807) is 6.92 Å². The first kappa shape index (κ1) is 16.9. The summed E-state index contributed by atoms with van der Waals surface area (Å²) in [5, 5.41) is 0.602. The minimum atomic E-state index is -2.44. The third-order valence-corrected chi connectivity index (χ3v) is 2.78. The van der Waals surface area contributed by atoms with Crippen LogP contribution in [0.1, 0.15) is 20.8 Å². The van der Waals surface area contributed by atoms with Crippen molar-refractivity contribution >= 4 is 17.9 Å². The lowest BCUT2D eigenvalue weighted by Crippen LogP contribution is -2.55. The molecule has 1 aliphatic heterocycles. The summed E-state index contributed by atoms with van der Waals surface area (Å²) in [7, 11) is 0. The molecule has 3 amide bonds. The number of ether oxygens (including phenoxy) is 1. The van der Waals surface area contributed by atoms with Crippen LogP contribution in [0.15, 0.2) is 11.8 Å². The molecule has 1 rings (SSSR count). The average Bonchev–Trinajstić information content (AvgIpc) is 2.42. The Hall–Kier alpha value is -2.16. The van der Waals surface area contributed by atoms with Gasteiger partial charge in [-0.1, -0.05) is 0 Å². The van der Waals surface area contributed by atoms with Crippen LogP contribution in [-0.4, -0.2) is 53.4 Å². The van der Waals surface area contributed by atoms with Crippen molar-refractivity contribution in [3.05, 3.63) is 11.8 Å². The number of nitrogens with zero attached hydrogens (tertiary/aromatic N) is 2. The van der Waals surface area contributed by atoms with Crippen molar-refractivity contribution in [2.45, 2.75) is 33.2 Å². The van der Waals surface area contributed by atoms with Gasteiger partial charge in [0.25, 0.3) is 0 Å². The van der Waals surface area contributed by atoms with E-state index in [-0.39, 0.29) is 18.8 Å². The highest BCUT2D eigenvalue weighted by Crippen LogP contribution is 2.21. The van der Waals surface area contributed by atoms with E-state index in [1.807, 2.05) is 0 Å². The summed E-state index contributed by atoms with van der Waals surface area (Å²) < 4.78 is 18.0. The number of hydrogen-bond acceptors (Lipinski definition) is 5. The number of allylic oxidation sites excluding steroid dienone is 1. The van der Waals surface area contributed by atoms with Gasteiger partial charge in [0.1, 0.15) is 6.04 Å². The molecular weight excluding hydrogens is 285 g/mol. The largest absolute Gasteiger partial charge is 0.462 e. The molecule has 0 aromatic heterocycles. The number of hydroxylamine groups is 2. The molecule has 0 saturated carbocycles. The minimum Gasteiger partial charge on any atom is -0.462 e. The lowest BCUT2D eigenvalue weighted by atomic mass is 10.1. The van der Waals surface area contributed by atoms with Gasteiger partial charge in [0.05, 0.1) is 6.61 Å². The summed E-state index contributed by atoms with van der Waals surface area (Å²) in [5.74, 6) is -1.95. The number of carbonyl (C=O) groups is 3. The molecule has 0 fully saturated rings. The number of rotatable bonds is 6. The summed E-state index contributed by atoms with van der Waals surface area (Å²) in [6, 6.07) is -1.73. The number of nitrogens with two attached hydrogens (primary N) is 1. The van der Waals surface area contributed by atoms with Crippen molar-refractivity contribution in [2.75, 3.05) is 13.2 Å². The molecule has 1 aliphatic rings. The number of likely N-dealkylation sites (N-methyl/N-ethyl adjacent to an activating group) is 1. The highest BCUT2D eigenvalue weighted by Gasteiger charge is 2.38. The summed E-state index contributed by atoms with van der Waals surface area (Å²) in [6.45, 7) is 4.71. The lowest BCUT2D eigenvalue weighted by Gasteiger charge is -2.37. The van der Waals surface area contributed by atoms with Crippen molar-refractivity contribution in [1.82, 2.24) is 9.96 Å². The summed E-state index contributed by atoms with van der Waals surface area (Å²) in [4.78, 5) is 40.4. The van der Waals surface area contributed by atoms with E-state index in [9.17, 15) is 18.8 Å². The smallest absolute Gasteiger partial charge is 0.371 e. The van der Waals surface area contributed by atoms with Gasteiger partial charge < -0.3 is 15.4 Å². The predicted molar refractivity (Wildman–Crippen MR) is 69.0 cm³/mol. The molecule has 21 heavy (non-hydrogen) atoms. The monoisotopic (exact) mass is 303 g/mol. The molecule has 0 saturated heterocycles. The summed E-state index contributed by atoms with van der Waals surface area (Å²) >= 11 is 0. The van der Waals surface area contributed by atoms with Gasteiger partial charge in [0.15, 0.2) is 0 Å². The Labute approximate surface area is 121 Å². The van der Waals surface area contributed by atoms with Crippen LogP contribution in [-0.2, 0) is 19.2 Å². The van der Waals surface area contributed by atoms with E-state index in [0.717, 1.165) is 4.90 Å². The fourth-order valence-corrected chi connectivity index (χ4v) is 1.81. The number of alkyl halides is 1. The normalized spacial score (nSPS) is 20.1. The van der Waals surface area contributed by atoms with E-state index in [0.29, 0.717) is 5.06 Å². The van der Waals surface area contributed by atoms with Crippen LogP contribution in [0.5, 0.6) is 0 Å². The molecule has 2 atom stereocenters. The minimum absolute atomic E-state index is 0.0176. The maximum absolute atomic E-state index is 13.6. The number of amides is 3. The van der Waals surface area contributed by atoms with Gasteiger partial charge in [0.2, 0.25) is 5.91 Å². The van der Waals surface area contributed by atoms with Crippen molar-refractivity contribution in [3.8, 4) is 0 Å². The molecular formula is C12H18FN3O5. The highest BCUT2D eigenvalue weighted by atomic mass is 19.1. The highest BCUT2D eigenvalue weighted by molar-refractivity contribution is 5.89. The van der Waals surface area contributed by atoms with Gasteiger partial charge >= 0.3 is 18.4 Å². The second-order valence-corrected chi connectivity index (χ2v) is 4.19. The molecule has 118 valence electrons. The van der Waals surface area contributed by atoms with Crippen LogP contribution in [0.4, 0.5) is 9.18 Å². The zero-order valence-corrected chi connectivity index (χ0v) is 12.0. The molecule has 0 aliphatic carbocycles. The van der Waals surface area contributed by atoms with Crippen LogP contribution >= 0.6 is 0 Å². The molecule has 0 aromatic carbocycles. The molecule has 8 nitrogen and oxygen atoms in total. The Bertz CT molecular complexity index is 468. The van der Waals surface area contributed by atoms with Gasteiger partial charge in [-0.25, -0.2) is 18.8 Å². The van der Waals surface area contributed by atoms with Gasteiger partial charge in [-0.2, -0.15) is 5.06 Å². The summed E-state index contributed by atoms with van der Waals surface area (Å²) in [6.07, 6.45) is -1.09. The molecule has 0 bridgehead atoms. The zero-order chi connectivity index (χ0) is 16.2. The second kappa shape index (κ2) is 7.02. The van der Waals surface area contributed by atoms with Gasteiger partial charge in [-0.15, -0.1) is 0 Å². The molecule has 0 radical (unpaired) electrons. The fraction of sp³-hybridized carbons (Fsp3) is 0.583. The molecule has 0 aromatic rings. The van der Waals surface area contributed by atoms with Gasteiger partial charge in [-0.05, 0) is 26.8 Å². The molecule has 2 N–H and O–H groups in total. The second-order valence-electron chi connectivity index (χ2n) is 4.19. The first-order valence-corrected chi connectivity index (χ1v) is 6.39. The quantitative estimate of drug-likeness (QED) is 0.711. The Kier molecular flexibility index (Phi) is 5.65. The molecule has 9 heteroatoms. The third-order valence-electron chi connectivity index (χ3n) is 2.78. The van der Waals surface area contributed by atoms with Crippen molar-refractivity contribution in [3.63, 3.8) is 0 Å². The van der Waals surface area contributed by atoms with Crippen molar-refractivity contribution in [1.29, 1.82) is 0 Å². The van der Waals surface area contributed by atoms with Crippen LogP contribution in [0, 0.1) is 0 Å². The van der Waals surface area contributed by atoms with Crippen LogP contribution < -0.4 is 5.73 Å². The first-order valence-electron chi connectivity index (χ1n) is 6.39. The number of carbonyl (C=O) groups excluding carboxylic acids is 3. The first-order chi connectivity index (χ1) is 9.83. The Balaban J connectivity index is 2.93. The van der Waals surface area contributed by atoms with Crippen LogP contribution in [0.2, 0.25) is 0 Å². The van der Waals surface area contributed by atoms with E-state index in [2.05, 4.69) is 9.57 Å². The Morgan fingerprint density at radius 2 is 2.10 bits per heavy atom. The van der Waals surface area contributed by atoms with Crippen molar-refractivity contribution < 1.29 is 28.3 Å². The number of urea groups is 1. The van der Waals surface area contributed by atoms with E-state index >= 15 is 0 Å². The average molecular weight is 303 g/mol. The van der Waals surface area contributed by atoms with Crippen molar-refractivity contribution in [2.24, 2.45) is 5.73 Å². The summed E-state index contributed by atoms with van der Waals surface area (Å²) in [5.41, 5.74) is 5.36. The number of halogens is 1. The topological polar surface area (TPSA) is 102 Å². The Morgan fingerprint density at radius 1 is 1.48 bits per heavy atom. The lowest BCUT2D eigenvalue weighted by molar-refractivity contribution is -0.215. The fourth-order valence-electron chi connectivity index (χ4n) is 1.81. The molecule has 0 unspecified atom stereocenters. The zero-order valence-electron chi connectivity index (χ0n) is 12.0. The molecule has 1 heterocycles. The Morgan fingerprint density at radius 3 is 2.57 bits per heavy atom.